The van der Waals surface area contributed by atoms with Crippen LogP contribution in [0.2, 0.25) is 0 Å². The standard InChI is InChI=1S/C15H27N3O2/c1-12(19)13-4-2-3-5-14(13)15(20)17-8-11-18-9-6-16-7-10-18/h13-14,16H,2-11H2,1H3,(H,17,20)/t13-,14-/m1/s1. The zero-order chi connectivity index (χ0) is 14.4. The Kier molecular flexibility index (Phi) is 5.98. The van der Waals surface area contributed by atoms with E-state index in [1.165, 1.54) is 0 Å². The number of carbonyl (C=O) groups is 2. The molecule has 1 heterocycles. The smallest absolute Gasteiger partial charge is 0.223 e. The lowest BCUT2D eigenvalue weighted by molar-refractivity contribution is -0.134. The molecule has 0 spiro atoms. The molecule has 114 valence electrons. The van der Waals surface area contributed by atoms with Crippen LogP contribution < -0.4 is 10.6 Å². The highest BCUT2D eigenvalue weighted by molar-refractivity contribution is 5.87. The fraction of sp³-hybridized carbons (Fsp3) is 0.867. The molecule has 5 nitrogen and oxygen atoms in total. The summed E-state index contributed by atoms with van der Waals surface area (Å²) in [7, 11) is 0. The van der Waals surface area contributed by atoms with Gasteiger partial charge in [0.15, 0.2) is 0 Å². The quantitative estimate of drug-likeness (QED) is 0.766. The Morgan fingerprint density at radius 2 is 1.80 bits per heavy atom. The van der Waals surface area contributed by atoms with Crippen molar-refractivity contribution in [1.29, 1.82) is 0 Å². The Balaban J connectivity index is 1.73. The molecule has 2 atom stereocenters. The van der Waals surface area contributed by atoms with Crippen LogP contribution in [-0.4, -0.2) is 55.9 Å². The summed E-state index contributed by atoms with van der Waals surface area (Å²) in [6.07, 6.45) is 3.89. The summed E-state index contributed by atoms with van der Waals surface area (Å²) < 4.78 is 0. The van der Waals surface area contributed by atoms with E-state index in [9.17, 15) is 9.59 Å². The summed E-state index contributed by atoms with van der Waals surface area (Å²) in [5, 5.41) is 6.35. The number of amides is 1. The number of Topliss-reactive ketones (excluding diaryl/α,β-unsaturated/α-hetero) is 1. The molecule has 1 saturated carbocycles. The minimum Gasteiger partial charge on any atom is -0.355 e. The molecule has 2 fully saturated rings. The van der Waals surface area contributed by atoms with Crippen LogP contribution in [0.15, 0.2) is 0 Å². The van der Waals surface area contributed by atoms with Crippen molar-refractivity contribution < 1.29 is 9.59 Å². The highest BCUT2D eigenvalue weighted by atomic mass is 16.2. The van der Waals surface area contributed by atoms with E-state index in [-0.39, 0.29) is 23.5 Å². The second kappa shape index (κ2) is 7.74. The first-order valence-corrected chi connectivity index (χ1v) is 7.89. The molecule has 2 N–H and O–H groups in total. The van der Waals surface area contributed by atoms with Gasteiger partial charge in [0.2, 0.25) is 5.91 Å². The zero-order valence-corrected chi connectivity index (χ0v) is 12.5. The molecule has 0 radical (unpaired) electrons. The van der Waals surface area contributed by atoms with Gasteiger partial charge in [0.25, 0.3) is 0 Å². The van der Waals surface area contributed by atoms with Gasteiger partial charge in [0.05, 0.1) is 0 Å². The first-order valence-electron chi connectivity index (χ1n) is 7.89. The van der Waals surface area contributed by atoms with E-state index < -0.39 is 0 Å². The number of rotatable bonds is 5. The van der Waals surface area contributed by atoms with E-state index in [0.717, 1.165) is 58.4 Å². The van der Waals surface area contributed by atoms with Crippen LogP contribution in [0.1, 0.15) is 32.6 Å². The molecule has 20 heavy (non-hydrogen) atoms. The summed E-state index contributed by atoms with van der Waals surface area (Å²) in [6, 6.07) is 0. The third kappa shape index (κ3) is 4.28. The van der Waals surface area contributed by atoms with Gasteiger partial charge in [-0.05, 0) is 19.8 Å². The fourth-order valence-electron chi connectivity index (χ4n) is 3.33. The number of hydrogen-bond donors (Lipinski definition) is 2. The molecule has 0 unspecified atom stereocenters. The molecule has 0 aromatic carbocycles. The zero-order valence-electron chi connectivity index (χ0n) is 12.5. The Hall–Kier alpha value is -0.940. The number of hydrogen-bond acceptors (Lipinski definition) is 4. The van der Waals surface area contributed by atoms with Crippen molar-refractivity contribution in [3.63, 3.8) is 0 Å². The Labute approximate surface area is 121 Å². The maximum atomic E-state index is 12.3. The SMILES string of the molecule is CC(=O)[C@H]1CCCC[C@H]1C(=O)NCCN1CCNCC1. The van der Waals surface area contributed by atoms with Gasteiger partial charge in [-0.15, -0.1) is 0 Å². The van der Waals surface area contributed by atoms with Crippen LogP contribution in [-0.2, 0) is 9.59 Å². The van der Waals surface area contributed by atoms with E-state index in [1.807, 2.05) is 0 Å². The molecule has 1 aliphatic carbocycles. The normalized spacial score (nSPS) is 28.1. The van der Waals surface area contributed by atoms with Gasteiger partial charge >= 0.3 is 0 Å². The van der Waals surface area contributed by atoms with E-state index >= 15 is 0 Å². The van der Waals surface area contributed by atoms with Crippen molar-refractivity contribution in [2.45, 2.75) is 32.6 Å². The van der Waals surface area contributed by atoms with E-state index in [1.54, 1.807) is 6.92 Å². The van der Waals surface area contributed by atoms with Crippen molar-refractivity contribution >= 4 is 11.7 Å². The molecule has 5 heteroatoms. The molecule has 2 rings (SSSR count). The first-order chi connectivity index (χ1) is 9.68. The van der Waals surface area contributed by atoms with Crippen LogP contribution in [0.5, 0.6) is 0 Å². The molecule has 1 aliphatic heterocycles. The van der Waals surface area contributed by atoms with E-state index in [0.29, 0.717) is 6.54 Å². The molecule has 1 amide bonds. The monoisotopic (exact) mass is 281 g/mol. The van der Waals surface area contributed by atoms with Crippen LogP contribution in [0.25, 0.3) is 0 Å². The lowest BCUT2D eigenvalue weighted by atomic mass is 9.77. The van der Waals surface area contributed by atoms with Crippen molar-refractivity contribution in [2.75, 3.05) is 39.3 Å². The summed E-state index contributed by atoms with van der Waals surface area (Å²) in [5.74, 6) is 0.110. The van der Waals surface area contributed by atoms with Crippen LogP contribution in [0, 0.1) is 11.8 Å². The fourth-order valence-corrected chi connectivity index (χ4v) is 3.33. The predicted molar refractivity (Wildman–Crippen MR) is 78.4 cm³/mol. The predicted octanol–water partition coefficient (Wildman–Crippen LogP) is 0.403. The van der Waals surface area contributed by atoms with Gasteiger partial charge in [-0.1, -0.05) is 12.8 Å². The molecular formula is C15H27N3O2. The summed E-state index contributed by atoms with van der Waals surface area (Å²) in [6.45, 7) is 7.39. The molecule has 1 saturated heterocycles. The minimum absolute atomic E-state index is 0.0528. The summed E-state index contributed by atoms with van der Waals surface area (Å²) >= 11 is 0. The largest absolute Gasteiger partial charge is 0.355 e. The van der Waals surface area contributed by atoms with Crippen LogP contribution >= 0.6 is 0 Å². The van der Waals surface area contributed by atoms with Crippen molar-refractivity contribution in [1.82, 2.24) is 15.5 Å². The third-order valence-electron chi connectivity index (χ3n) is 4.56. The minimum atomic E-state index is -0.0933. The van der Waals surface area contributed by atoms with E-state index in [4.69, 9.17) is 0 Å². The van der Waals surface area contributed by atoms with Gasteiger partial charge in [-0.25, -0.2) is 0 Å². The number of nitrogens with zero attached hydrogens (tertiary/aromatic N) is 1. The lowest BCUT2D eigenvalue weighted by Crippen LogP contribution is -2.47. The molecule has 0 bridgehead atoms. The summed E-state index contributed by atoms with van der Waals surface area (Å²) in [4.78, 5) is 26.3. The Morgan fingerprint density at radius 3 is 2.45 bits per heavy atom. The van der Waals surface area contributed by atoms with Gasteiger partial charge in [0.1, 0.15) is 5.78 Å². The van der Waals surface area contributed by atoms with Gasteiger partial charge in [0, 0.05) is 51.1 Å². The van der Waals surface area contributed by atoms with Gasteiger partial charge in [-0.2, -0.15) is 0 Å². The highest BCUT2D eigenvalue weighted by Gasteiger charge is 2.33. The van der Waals surface area contributed by atoms with Gasteiger partial charge in [-0.3, -0.25) is 14.5 Å². The highest BCUT2D eigenvalue weighted by Crippen LogP contribution is 2.30. The van der Waals surface area contributed by atoms with Crippen molar-refractivity contribution in [3.05, 3.63) is 0 Å². The molecular weight excluding hydrogens is 254 g/mol. The summed E-state index contributed by atoms with van der Waals surface area (Å²) in [5.41, 5.74) is 0. The molecule has 2 aliphatic rings. The van der Waals surface area contributed by atoms with E-state index in [2.05, 4.69) is 15.5 Å². The second-order valence-corrected chi connectivity index (χ2v) is 5.99. The molecule has 0 aromatic rings. The first kappa shape index (κ1) is 15.4. The Morgan fingerprint density at radius 1 is 1.15 bits per heavy atom. The second-order valence-electron chi connectivity index (χ2n) is 5.99. The van der Waals surface area contributed by atoms with Gasteiger partial charge < -0.3 is 10.6 Å². The number of carbonyl (C=O) groups excluding carboxylic acids is 2. The Bertz CT molecular complexity index is 340. The van der Waals surface area contributed by atoms with Crippen LogP contribution in [0.3, 0.4) is 0 Å². The topological polar surface area (TPSA) is 61.4 Å². The van der Waals surface area contributed by atoms with Crippen LogP contribution in [0.4, 0.5) is 0 Å². The maximum absolute atomic E-state index is 12.3. The van der Waals surface area contributed by atoms with Crippen molar-refractivity contribution in [2.24, 2.45) is 11.8 Å². The average molecular weight is 281 g/mol. The number of ketones is 1. The molecule has 0 aromatic heterocycles. The van der Waals surface area contributed by atoms with Crippen molar-refractivity contribution in [3.8, 4) is 0 Å². The average Bonchev–Trinajstić information content (AvgIpc) is 2.48. The number of nitrogens with one attached hydrogen (secondary N) is 2. The number of piperazine rings is 1. The maximum Gasteiger partial charge on any atom is 0.223 e. The lowest BCUT2D eigenvalue weighted by Gasteiger charge is -2.30. The third-order valence-corrected chi connectivity index (χ3v) is 4.56.